The number of carboxylic acid groups (broad SMARTS) is 1. The molecule has 0 aromatic heterocycles. The largest absolute Gasteiger partial charge is 0.480 e. The maximum atomic E-state index is 11.6. The van der Waals surface area contributed by atoms with Crippen LogP contribution in [0.3, 0.4) is 0 Å². The van der Waals surface area contributed by atoms with Crippen LogP contribution in [0.2, 0.25) is 0 Å². The second kappa shape index (κ2) is 6.56. The van der Waals surface area contributed by atoms with Crippen molar-refractivity contribution in [2.24, 2.45) is 11.1 Å². The predicted octanol–water partition coefficient (Wildman–Crippen LogP) is -0.277. The Morgan fingerprint density at radius 1 is 1.41 bits per heavy atom. The Hall–Kier alpha value is -1.14. The molecule has 1 aliphatic carbocycles. The summed E-state index contributed by atoms with van der Waals surface area (Å²) in [6.45, 7) is 0.777. The van der Waals surface area contributed by atoms with Gasteiger partial charge < -0.3 is 20.9 Å². The van der Waals surface area contributed by atoms with Crippen molar-refractivity contribution in [1.82, 2.24) is 5.32 Å². The fourth-order valence-corrected chi connectivity index (χ4v) is 1.96. The van der Waals surface area contributed by atoms with Gasteiger partial charge in [-0.15, -0.1) is 0 Å². The van der Waals surface area contributed by atoms with Crippen LogP contribution in [-0.4, -0.2) is 43.3 Å². The molecule has 0 aliphatic heterocycles. The number of hydrogen-bond donors (Lipinski definition) is 3. The Kier molecular flexibility index (Phi) is 5.37. The van der Waals surface area contributed by atoms with Gasteiger partial charge in [-0.25, -0.2) is 4.79 Å². The van der Waals surface area contributed by atoms with Gasteiger partial charge in [-0.2, -0.15) is 0 Å². The molecule has 0 heterocycles. The highest BCUT2D eigenvalue weighted by Crippen LogP contribution is 2.42. The summed E-state index contributed by atoms with van der Waals surface area (Å²) in [6.07, 6.45) is 3.65. The van der Waals surface area contributed by atoms with E-state index in [1.165, 1.54) is 0 Å². The number of nitrogens with one attached hydrogen (secondary N) is 1. The number of carboxylic acids is 1. The third-order valence-corrected chi connectivity index (χ3v) is 3.18. The van der Waals surface area contributed by atoms with Gasteiger partial charge in [-0.3, -0.25) is 4.79 Å². The van der Waals surface area contributed by atoms with E-state index in [0.717, 1.165) is 19.3 Å². The molecule has 0 bridgehead atoms. The van der Waals surface area contributed by atoms with Gasteiger partial charge >= 0.3 is 5.97 Å². The van der Waals surface area contributed by atoms with Gasteiger partial charge in [-0.1, -0.05) is 6.42 Å². The third kappa shape index (κ3) is 4.70. The van der Waals surface area contributed by atoms with Gasteiger partial charge in [0, 0.05) is 13.0 Å². The molecule has 1 fully saturated rings. The lowest BCUT2D eigenvalue weighted by Gasteiger charge is -2.40. The Balaban J connectivity index is 2.07. The van der Waals surface area contributed by atoms with Crippen molar-refractivity contribution in [3.05, 3.63) is 0 Å². The highest BCUT2D eigenvalue weighted by atomic mass is 16.5. The molecule has 1 amide bonds. The first-order valence-electron chi connectivity index (χ1n) is 5.84. The molecule has 0 unspecified atom stereocenters. The molecule has 1 rings (SSSR count). The Morgan fingerprint density at radius 3 is 2.59 bits per heavy atom. The van der Waals surface area contributed by atoms with Crippen molar-refractivity contribution in [2.75, 3.05) is 26.3 Å². The first-order valence-corrected chi connectivity index (χ1v) is 5.84. The lowest BCUT2D eigenvalue weighted by molar-refractivity contribution is -0.142. The lowest BCUT2D eigenvalue weighted by atomic mass is 9.66. The fraction of sp³-hybridized carbons (Fsp3) is 0.818. The zero-order valence-corrected chi connectivity index (χ0v) is 9.91. The van der Waals surface area contributed by atoms with E-state index in [1.807, 2.05) is 0 Å². The summed E-state index contributed by atoms with van der Waals surface area (Å²) in [6, 6.07) is 0. The lowest BCUT2D eigenvalue weighted by Crippen LogP contribution is -2.42. The second-order valence-electron chi connectivity index (χ2n) is 4.53. The first kappa shape index (κ1) is 13.9. The van der Waals surface area contributed by atoms with E-state index in [0.29, 0.717) is 19.5 Å². The maximum absolute atomic E-state index is 11.6. The van der Waals surface area contributed by atoms with Gasteiger partial charge in [-0.05, 0) is 24.8 Å². The molecule has 6 heteroatoms. The van der Waals surface area contributed by atoms with Crippen LogP contribution in [0.25, 0.3) is 0 Å². The van der Waals surface area contributed by atoms with Gasteiger partial charge in [0.25, 0.3) is 0 Å². The molecule has 17 heavy (non-hydrogen) atoms. The molecule has 0 atom stereocenters. The van der Waals surface area contributed by atoms with Crippen LogP contribution in [0.1, 0.15) is 25.7 Å². The van der Waals surface area contributed by atoms with Crippen LogP contribution < -0.4 is 11.1 Å². The van der Waals surface area contributed by atoms with E-state index in [-0.39, 0.29) is 24.5 Å². The molecular formula is C11H20N2O4. The number of rotatable bonds is 8. The monoisotopic (exact) mass is 244 g/mol. The van der Waals surface area contributed by atoms with E-state index in [4.69, 9.17) is 15.6 Å². The van der Waals surface area contributed by atoms with Crippen LogP contribution in [0.5, 0.6) is 0 Å². The summed E-state index contributed by atoms with van der Waals surface area (Å²) in [7, 11) is 0. The number of hydrogen-bond acceptors (Lipinski definition) is 4. The number of ether oxygens (including phenoxy) is 1. The summed E-state index contributed by atoms with van der Waals surface area (Å²) < 4.78 is 4.80. The van der Waals surface area contributed by atoms with E-state index in [9.17, 15) is 9.59 Å². The van der Waals surface area contributed by atoms with Crippen LogP contribution in [-0.2, 0) is 14.3 Å². The molecule has 1 aliphatic rings. The zero-order valence-electron chi connectivity index (χ0n) is 9.91. The van der Waals surface area contributed by atoms with E-state index in [1.54, 1.807) is 0 Å². The Bertz CT molecular complexity index is 271. The third-order valence-electron chi connectivity index (χ3n) is 3.18. The van der Waals surface area contributed by atoms with Crippen molar-refractivity contribution in [3.8, 4) is 0 Å². The number of aliphatic carboxylic acids is 1. The van der Waals surface area contributed by atoms with Gasteiger partial charge in [0.2, 0.25) is 5.91 Å². The molecule has 1 saturated carbocycles. The van der Waals surface area contributed by atoms with E-state index in [2.05, 4.69) is 5.32 Å². The van der Waals surface area contributed by atoms with Crippen molar-refractivity contribution < 1.29 is 19.4 Å². The van der Waals surface area contributed by atoms with Gasteiger partial charge in [0.1, 0.15) is 6.61 Å². The van der Waals surface area contributed by atoms with Crippen molar-refractivity contribution in [1.29, 1.82) is 0 Å². The standard InChI is InChI=1S/C11H20N2O4/c12-8-11(2-1-3-11)6-9(14)13-4-5-17-7-10(15)16/h1-8,12H2,(H,13,14)(H,15,16). The molecule has 0 saturated heterocycles. The van der Waals surface area contributed by atoms with E-state index < -0.39 is 5.97 Å². The number of carbonyl (C=O) groups excluding carboxylic acids is 1. The van der Waals surface area contributed by atoms with Gasteiger partial charge in [0.05, 0.1) is 6.61 Å². The minimum absolute atomic E-state index is 0.00596. The topological polar surface area (TPSA) is 102 Å². The quantitative estimate of drug-likeness (QED) is 0.510. The average molecular weight is 244 g/mol. The molecule has 4 N–H and O–H groups in total. The summed E-state index contributed by atoms with van der Waals surface area (Å²) in [4.78, 5) is 21.7. The van der Waals surface area contributed by atoms with Crippen molar-refractivity contribution in [2.45, 2.75) is 25.7 Å². The van der Waals surface area contributed by atoms with Gasteiger partial charge in [0.15, 0.2) is 0 Å². The number of carbonyl (C=O) groups is 2. The number of nitrogens with two attached hydrogens (primary N) is 1. The second-order valence-corrected chi connectivity index (χ2v) is 4.53. The maximum Gasteiger partial charge on any atom is 0.329 e. The molecule has 98 valence electrons. The molecule has 6 nitrogen and oxygen atoms in total. The number of amides is 1. The molecule has 0 spiro atoms. The highest BCUT2D eigenvalue weighted by Gasteiger charge is 2.37. The molecular weight excluding hydrogens is 224 g/mol. The Labute approximate surface area is 101 Å². The summed E-state index contributed by atoms with van der Waals surface area (Å²) in [5.41, 5.74) is 5.66. The van der Waals surface area contributed by atoms with Crippen LogP contribution >= 0.6 is 0 Å². The normalized spacial score (nSPS) is 17.2. The molecule has 0 aromatic carbocycles. The minimum atomic E-state index is -1.01. The summed E-state index contributed by atoms with van der Waals surface area (Å²) in [5.74, 6) is -1.04. The van der Waals surface area contributed by atoms with Crippen molar-refractivity contribution >= 4 is 11.9 Å². The van der Waals surface area contributed by atoms with E-state index >= 15 is 0 Å². The minimum Gasteiger partial charge on any atom is -0.480 e. The Morgan fingerprint density at radius 2 is 2.12 bits per heavy atom. The van der Waals surface area contributed by atoms with Crippen LogP contribution in [0.4, 0.5) is 0 Å². The van der Waals surface area contributed by atoms with Crippen LogP contribution in [0.15, 0.2) is 0 Å². The van der Waals surface area contributed by atoms with Crippen molar-refractivity contribution in [3.63, 3.8) is 0 Å². The fourth-order valence-electron chi connectivity index (χ4n) is 1.96. The van der Waals surface area contributed by atoms with Crippen LogP contribution in [0, 0.1) is 5.41 Å². The SMILES string of the molecule is NCC1(CC(=O)NCCOCC(=O)O)CCC1. The smallest absolute Gasteiger partial charge is 0.329 e. The highest BCUT2D eigenvalue weighted by molar-refractivity contribution is 5.76. The average Bonchev–Trinajstić information content (AvgIpc) is 2.22. The zero-order chi connectivity index (χ0) is 12.7. The molecule has 0 radical (unpaired) electrons. The predicted molar refractivity (Wildman–Crippen MR) is 61.4 cm³/mol. The molecule has 0 aromatic rings. The first-order chi connectivity index (χ1) is 8.08. The summed E-state index contributed by atoms with van der Waals surface area (Å²) in [5, 5.41) is 11.0. The summed E-state index contributed by atoms with van der Waals surface area (Å²) >= 11 is 0.